The van der Waals surface area contributed by atoms with Crippen molar-refractivity contribution in [3.63, 3.8) is 0 Å². The van der Waals surface area contributed by atoms with Gasteiger partial charge in [-0.25, -0.2) is 4.98 Å². The van der Waals surface area contributed by atoms with Crippen molar-refractivity contribution in [1.82, 2.24) is 9.97 Å². The van der Waals surface area contributed by atoms with Gasteiger partial charge in [0.25, 0.3) is 0 Å². The summed E-state index contributed by atoms with van der Waals surface area (Å²) in [6, 6.07) is 18.4. The Labute approximate surface area is 184 Å². The molecule has 0 bridgehead atoms. The van der Waals surface area contributed by atoms with Gasteiger partial charge in [0.2, 0.25) is 0 Å². The molecular formula is C22H19N3O4S2. The van der Waals surface area contributed by atoms with Gasteiger partial charge in [-0.1, -0.05) is 12.1 Å². The Balaban J connectivity index is 1.47. The summed E-state index contributed by atoms with van der Waals surface area (Å²) in [4.78, 5) is 8.87. The van der Waals surface area contributed by atoms with E-state index in [0.29, 0.717) is 23.2 Å². The first-order chi connectivity index (χ1) is 15.0. The molecule has 0 atom stereocenters. The van der Waals surface area contributed by atoms with Crippen LogP contribution in [-0.2, 0) is 10.1 Å². The molecule has 158 valence electrons. The Morgan fingerprint density at radius 2 is 1.81 bits per heavy atom. The maximum atomic E-state index is 12.6. The van der Waals surface area contributed by atoms with Crippen molar-refractivity contribution in [2.45, 2.75) is 11.8 Å². The number of pyridine rings is 1. The number of nitrogens with zero attached hydrogens (tertiary/aromatic N) is 2. The zero-order valence-electron chi connectivity index (χ0n) is 16.6. The van der Waals surface area contributed by atoms with Crippen LogP contribution in [0.15, 0.2) is 83.2 Å². The lowest BCUT2D eigenvalue weighted by atomic mass is 10.3. The van der Waals surface area contributed by atoms with E-state index in [2.05, 4.69) is 15.3 Å². The highest BCUT2D eigenvalue weighted by atomic mass is 32.2. The fourth-order valence-electron chi connectivity index (χ4n) is 2.76. The Hall–Kier alpha value is -3.43. The van der Waals surface area contributed by atoms with E-state index in [1.54, 1.807) is 42.6 Å². The van der Waals surface area contributed by atoms with Gasteiger partial charge in [-0.15, -0.1) is 11.3 Å². The number of hydrogen-bond donors (Lipinski definition) is 1. The summed E-state index contributed by atoms with van der Waals surface area (Å²) in [5, 5.41) is 5.73. The van der Waals surface area contributed by atoms with Crippen LogP contribution in [-0.4, -0.2) is 25.0 Å². The Morgan fingerprint density at radius 3 is 2.55 bits per heavy atom. The monoisotopic (exact) mass is 453 g/mol. The third-order valence-electron chi connectivity index (χ3n) is 4.15. The highest BCUT2D eigenvalue weighted by Crippen LogP contribution is 2.28. The molecule has 0 aliphatic rings. The molecule has 2 aromatic heterocycles. The molecule has 4 aromatic rings. The van der Waals surface area contributed by atoms with Crippen LogP contribution in [0.4, 0.5) is 10.8 Å². The quantitative estimate of drug-likeness (QED) is 0.371. The lowest BCUT2D eigenvalue weighted by molar-refractivity contribution is 0.340. The van der Waals surface area contributed by atoms with Crippen LogP contribution in [0.2, 0.25) is 0 Å². The zero-order chi connectivity index (χ0) is 21.7. The second kappa shape index (κ2) is 9.15. The van der Waals surface area contributed by atoms with Crippen molar-refractivity contribution >= 4 is 32.3 Å². The van der Waals surface area contributed by atoms with Crippen molar-refractivity contribution < 1.29 is 17.3 Å². The molecule has 0 unspecified atom stereocenters. The third-order valence-corrected chi connectivity index (χ3v) is 6.17. The highest BCUT2D eigenvalue weighted by Gasteiger charge is 2.17. The summed E-state index contributed by atoms with van der Waals surface area (Å²) < 4.78 is 35.8. The highest BCUT2D eigenvalue weighted by molar-refractivity contribution is 7.87. The van der Waals surface area contributed by atoms with Crippen LogP contribution in [0.25, 0.3) is 11.4 Å². The molecule has 9 heteroatoms. The van der Waals surface area contributed by atoms with Crippen molar-refractivity contribution in [3.8, 4) is 22.9 Å². The molecule has 0 radical (unpaired) electrons. The molecule has 0 aliphatic heterocycles. The summed E-state index contributed by atoms with van der Waals surface area (Å²) >= 11 is 1.43. The minimum Gasteiger partial charge on any atom is -0.494 e. The van der Waals surface area contributed by atoms with E-state index in [1.165, 1.54) is 23.5 Å². The smallest absolute Gasteiger partial charge is 0.339 e. The van der Waals surface area contributed by atoms with Gasteiger partial charge in [0.15, 0.2) is 5.13 Å². The summed E-state index contributed by atoms with van der Waals surface area (Å²) in [6.45, 7) is 2.37. The number of aromatic nitrogens is 2. The normalized spacial score (nSPS) is 11.1. The van der Waals surface area contributed by atoms with Gasteiger partial charge in [-0.05, 0) is 55.5 Å². The Kier molecular flexibility index (Phi) is 6.15. The van der Waals surface area contributed by atoms with E-state index in [9.17, 15) is 8.42 Å². The maximum absolute atomic E-state index is 12.6. The fourth-order valence-corrected chi connectivity index (χ4v) is 4.40. The lowest BCUT2D eigenvalue weighted by Gasteiger charge is -2.10. The van der Waals surface area contributed by atoms with Crippen LogP contribution in [0.3, 0.4) is 0 Å². The molecule has 1 N–H and O–H groups in total. The van der Waals surface area contributed by atoms with Gasteiger partial charge < -0.3 is 14.2 Å². The van der Waals surface area contributed by atoms with Crippen molar-refractivity contribution in [3.05, 3.63) is 78.3 Å². The molecule has 0 fully saturated rings. The minimum atomic E-state index is -3.97. The van der Waals surface area contributed by atoms with Gasteiger partial charge in [0, 0.05) is 23.3 Å². The molecule has 31 heavy (non-hydrogen) atoms. The summed E-state index contributed by atoms with van der Waals surface area (Å²) in [7, 11) is -3.97. The number of thiazole rings is 1. The van der Waals surface area contributed by atoms with E-state index in [1.807, 2.05) is 30.5 Å². The second-order valence-corrected chi connectivity index (χ2v) is 8.75. The third kappa shape index (κ3) is 5.19. The Bertz CT molecular complexity index is 1260. The molecule has 0 amide bonds. The van der Waals surface area contributed by atoms with Crippen LogP contribution >= 0.6 is 11.3 Å². The molecule has 7 nitrogen and oxygen atoms in total. The Morgan fingerprint density at radius 1 is 0.968 bits per heavy atom. The van der Waals surface area contributed by atoms with Crippen LogP contribution in [0.5, 0.6) is 11.5 Å². The molecule has 2 aromatic carbocycles. The molecule has 0 saturated carbocycles. The van der Waals surface area contributed by atoms with Crippen LogP contribution in [0.1, 0.15) is 6.92 Å². The van der Waals surface area contributed by atoms with Crippen molar-refractivity contribution in [2.24, 2.45) is 0 Å². The topological polar surface area (TPSA) is 90.4 Å². The second-order valence-electron chi connectivity index (χ2n) is 6.35. The molecule has 0 aliphatic carbocycles. The summed E-state index contributed by atoms with van der Waals surface area (Å²) in [5.74, 6) is 0.793. The number of nitrogens with one attached hydrogen (secondary N) is 1. The minimum absolute atomic E-state index is 0.0502. The van der Waals surface area contributed by atoms with E-state index in [4.69, 9.17) is 8.92 Å². The van der Waals surface area contributed by atoms with Crippen LogP contribution in [0, 0.1) is 0 Å². The van der Waals surface area contributed by atoms with Crippen molar-refractivity contribution in [2.75, 3.05) is 11.9 Å². The first-order valence-electron chi connectivity index (χ1n) is 9.45. The first-order valence-corrected chi connectivity index (χ1v) is 11.7. The first kappa shape index (κ1) is 20.8. The van der Waals surface area contributed by atoms with E-state index in [0.717, 1.165) is 11.4 Å². The summed E-state index contributed by atoms with van der Waals surface area (Å²) in [6.07, 6.45) is 1.72. The number of rotatable bonds is 8. The van der Waals surface area contributed by atoms with Gasteiger partial charge in [-0.3, -0.25) is 4.98 Å². The number of anilines is 2. The van der Waals surface area contributed by atoms with E-state index in [-0.39, 0.29) is 10.6 Å². The van der Waals surface area contributed by atoms with Crippen molar-refractivity contribution in [1.29, 1.82) is 0 Å². The van der Waals surface area contributed by atoms with E-state index >= 15 is 0 Å². The van der Waals surface area contributed by atoms with Gasteiger partial charge >= 0.3 is 10.1 Å². The molecule has 0 saturated heterocycles. The predicted octanol–water partition coefficient (Wildman–Crippen LogP) is 5.12. The average Bonchev–Trinajstić information content (AvgIpc) is 3.23. The maximum Gasteiger partial charge on any atom is 0.339 e. The number of benzene rings is 2. The standard InChI is InChI=1S/C22H19N3O4S2/c1-2-28-17-9-11-19(12-10-17)31(26,27)29-18-7-5-6-16(14-18)24-22-25-21(15-30-22)20-8-3-4-13-23-20/h3-15H,2H2,1H3,(H,24,25). The van der Waals surface area contributed by atoms with E-state index < -0.39 is 10.1 Å². The largest absolute Gasteiger partial charge is 0.494 e. The lowest BCUT2D eigenvalue weighted by Crippen LogP contribution is -2.09. The van der Waals surface area contributed by atoms with Crippen LogP contribution < -0.4 is 14.2 Å². The molecule has 0 spiro atoms. The van der Waals surface area contributed by atoms with Gasteiger partial charge in [0.05, 0.1) is 12.3 Å². The molecule has 4 rings (SSSR count). The molecular weight excluding hydrogens is 434 g/mol. The SMILES string of the molecule is CCOc1ccc(S(=O)(=O)Oc2cccc(Nc3nc(-c4ccccn4)cs3)c2)cc1. The fraction of sp³-hybridized carbons (Fsp3) is 0.0909. The average molecular weight is 454 g/mol. The number of hydrogen-bond acceptors (Lipinski definition) is 8. The van der Waals surface area contributed by atoms with Gasteiger partial charge in [0.1, 0.15) is 22.1 Å². The molecule has 2 heterocycles. The number of ether oxygens (including phenoxy) is 1. The summed E-state index contributed by atoms with van der Waals surface area (Å²) in [5.41, 5.74) is 2.20. The predicted molar refractivity (Wildman–Crippen MR) is 120 cm³/mol. The van der Waals surface area contributed by atoms with Gasteiger partial charge in [-0.2, -0.15) is 8.42 Å². The zero-order valence-corrected chi connectivity index (χ0v) is 18.2.